The molecule has 0 aromatic heterocycles. The minimum atomic E-state index is -1.36. The van der Waals surface area contributed by atoms with E-state index in [-0.39, 0.29) is 0 Å². The normalized spacial score (nSPS) is 12.0. The maximum absolute atomic E-state index is 9.38. The summed E-state index contributed by atoms with van der Waals surface area (Å²) in [6, 6.07) is 0. The summed E-state index contributed by atoms with van der Waals surface area (Å²) in [7, 11) is 0. The Kier molecular flexibility index (Phi) is 4.60. The molecule has 0 bridgehead atoms. The standard InChI is InChI=1S/C7H16O3/c1-4-7(8,9-5-2)10-6-3/h8H,4-6H2,1-3H3. The second kappa shape index (κ2) is 4.66. The fourth-order valence-electron chi connectivity index (χ4n) is 0.697. The average molecular weight is 148 g/mol. The van der Waals surface area contributed by atoms with Crippen LogP contribution in [-0.4, -0.2) is 24.3 Å². The lowest BCUT2D eigenvalue weighted by atomic mass is 10.4. The predicted octanol–water partition coefficient (Wildman–Crippen LogP) is 1.12. The van der Waals surface area contributed by atoms with Gasteiger partial charge < -0.3 is 14.6 Å². The highest BCUT2D eigenvalue weighted by Gasteiger charge is 2.24. The molecule has 0 rings (SSSR count). The van der Waals surface area contributed by atoms with Crippen molar-refractivity contribution in [3.63, 3.8) is 0 Å². The Morgan fingerprint density at radius 3 is 1.70 bits per heavy atom. The molecule has 0 heterocycles. The molecule has 0 unspecified atom stereocenters. The average Bonchev–Trinajstić information content (AvgIpc) is 1.89. The molecule has 0 radical (unpaired) electrons. The first-order valence-corrected chi connectivity index (χ1v) is 3.68. The topological polar surface area (TPSA) is 38.7 Å². The molecule has 0 spiro atoms. The third kappa shape index (κ3) is 3.15. The minimum absolute atomic E-state index is 0.453. The van der Waals surface area contributed by atoms with Gasteiger partial charge in [-0.2, -0.15) is 0 Å². The monoisotopic (exact) mass is 148 g/mol. The van der Waals surface area contributed by atoms with E-state index in [1.54, 1.807) is 0 Å². The van der Waals surface area contributed by atoms with Crippen molar-refractivity contribution in [2.24, 2.45) is 0 Å². The highest BCUT2D eigenvalue weighted by atomic mass is 16.8. The first kappa shape index (κ1) is 9.88. The van der Waals surface area contributed by atoms with Crippen LogP contribution in [0, 0.1) is 0 Å². The van der Waals surface area contributed by atoms with Gasteiger partial charge in [-0.25, -0.2) is 0 Å². The largest absolute Gasteiger partial charge is 0.343 e. The van der Waals surface area contributed by atoms with Gasteiger partial charge in [-0.3, -0.25) is 0 Å². The number of ether oxygens (including phenoxy) is 2. The summed E-state index contributed by atoms with van der Waals surface area (Å²) in [5.74, 6) is -1.36. The van der Waals surface area contributed by atoms with Crippen molar-refractivity contribution < 1.29 is 14.6 Å². The molecule has 0 aliphatic carbocycles. The van der Waals surface area contributed by atoms with Crippen LogP contribution in [-0.2, 0) is 9.47 Å². The van der Waals surface area contributed by atoms with Crippen molar-refractivity contribution in [2.75, 3.05) is 13.2 Å². The van der Waals surface area contributed by atoms with Crippen molar-refractivity contribution in [3.05, 3.63) is 0 Å². The molecule has 0 atom stereocenters. The maximum atomic E-state index is 9.38. The predicted molar refractivity (Wildman–Crippen MR) is 38.5 cm³/mol. The first-order chi connectivity index (χ1) is 4.68. The fraction of sp³-hybridized carbons (Fsp3) is 1.00. The molecular weight excluding hydrogens is 132 g/mol. The second-order valence-electron chi connectivity index (χ2n) is 1.93. The Balaban J connectivity index is 3.69. The molecule has 0 saturated carbocycles. The molecule has 3 nitrogen and oxygen atoms in total. The van der Waals surface area contributed by atoms with Crippen molar-refractivity contribution in [2.45, 2.75) is 33.2 Å². The van der Waals surface area contributed by atoms with E-state index >= 15 is 0 Å². The van der Waals surface area contributed by atoms with Gasteiger partial charge in [0.25, 0.3) is 5.97 Å². The van der Waals surface area contributed by atoms with E-state index in [1.165, 1.54) is 0 Å². The number of hydrogen-bond donors (Lipinski definition) is 1. The third-order valence-corrected chi connectivity index (χ3v) is 1.19. The van der Waals surface area contributed by atoms with Gasteiger partial charge in [0.05, 0.1) is 0 Å². The number of rotatable bonds is 5. The zero-order chi connectivity index (χ0) is 8.04. The molecule has 0 saturated heterocycles. The molecule has 0 aromatic rings. The molecule has 0 amide bonds. The van der Waals surface area contributed by atoms with E-state index in [0.717, 1.165) is 0 Å². The molecule has 3 heteroatoms. The smallest absolute Gasteiger partial charge is 0.280 e. The number of hydrogen-bond acceptors (Lipinski definition) is 3. The van der Waals surface area contributed by atoms with Crippen molar-refractivity contribution in [1.82, 2.24) is 0 Å². The molecule has 0 fully saturated rings. The molecule has 62 valence electrons. The summed E-state index contributed by atoms with van der Waals surface area (Å²) < 4.78 is 9.90. The molecule has 0 aliphatic heterocycles. The minimum Gasteiger partial charge on any atom is -0.343 e. The van der Waals surface area contributed by atoms with Crippen LogP contribution in [0.1, 0.15) is 27.2 Å². The quantitative estimate of drug-likeness (QED) is 0.594. The Morgan fingerprint density at radius 2 is 1.50 bits per heavy atom. The van der Waals surface area contributed by atoms with E-state index in [0.29, 0.717) is 19.6 Å². The Bertz CT molecular complexity index is 76.9. The second-order valence-corrected chi connectivity index (χ2v) is 1.93. The van der Waals surface area contributed by atoms with Gasteiger partial charge in [0.15, 0.2) is 0 Å². The van der Waals surface area contributed by atoms with Gasteiger partial charge >= 0.3 is 0 Å². The van der Waals surface area contributed by atoms with E-state index in [2.05, 4.69) is 0 Å². The summed E-state index contributed by atoms with van der Waals surface area (Å²) in [4.78, 5) is 0. The van der Waals surface area contributed by atoms with Gasteiger partial charge in [-0.15, -0.1) is 0 Å². The van der Waals surface area contributed by atoms with E-state index in [9.17, 15) is 5.11 Å². The zero-order valence-electron chi connectivity index (χ0n) is 6.89. The lowest BCUT2D eigenvalue weighted by molar-refractivity contribution is -0.358. The molecular formula is C7H16O3. The first-order valence-electron chi connectivity index (χ1n) is 3.68. The van der Waals surface area contributed by atoms with E-state index in [1.807, 2.05) is 20.8 Å². The Morgan fingerprint density at radius 1 is 1.10 bits per heavy atom. The third-order valence-electron chi connectivity index (χ3n) is 1.19. The molecule has 1 N–H and O–H groups in total. The van der Waals surface area contributed by atoms with Gasteiger partial charge in [0, 0.05) is 19.6 Å². The van der Waals surface area contributed by atoms with Gasteiger partial charge in [-0.05, 0) is 13.8 Å². The SMILES string of the molecule is CCOC(O)(CC)OCC. The maximum Gasteiger partial charge on any atom is 0.280 e. The van der Waals surface area contributed by atoms with Gasteiger partial charge in [0.2, 0.25) is 0 Å². The van der Waals surface area contributed by atoms with E-state index in [4.69, 9.17) is 9.47 Å². The lowest BCUT2D eigenvalue weighted by Crippen LogP contribution is -2.34. The van der Waals surface area contributed by atoms with Crippen molar-refractivity contribution in [3.8, 4) is 0 Å². The van der Waals surface area contributed by atoms with Crippen LogP contribution < -0.4 is 0 Å². The Hall–Kier alpha value is -0.120. The van der Waals surface area contributed by atoms with Crippen LogP contribution in [0.15, 0.2) is 0 Å². The summed E-state index contributed by atoms with van der Waals surface area (Å²) >= 11 is 0. The number of aliphatic hydroxyl groups is 1. The molecule has 0 aromatic carbocycles. The molecule has 0 aliphatic rings. The van der Waals surface area contributed by atoms with Gasteiger partial charge in [0.1, 0.15) is 0 Å². The lowest BCUT2D eigenvalue weighted by Gasteiger charge is -2.25. The van der Waals surface area contributed by atoms with Crippen LogP contribution in [0.2, 0.25) is 0 Å². The summed E-state index contributed by atoms with van der Waals surface area (Å²) in [6.45, 7) is 6.37. The van der Waals surface area contributed by atoms with Crippen LogP contribution in [0.3, 0.4) is 0 Å². The van der Waals surface area contributed by atoms with Crippen molar-refractivity contribution >= 4 is 0 Å². The summed E-state index contributed by atoms with van der Waals surface area (Å²) in [6.07, 6.45) is 0.453. The highest BCUT2D eigenvalue weighted by Crippen LogP contribution is 2.12. The van der Waals surface area contributed by atoms with Crippen LogP contribution in [0.25, 0.3) is 0 Å². The summed E-state index contributed by atoms with van der Waals surface area (Å²) in [5, 5.41) is 9.38. The van der Waals surface area contributed by atoms with Crippen LogP contribution in [0.5, 0.6) is 0 Å². The summed E-state index contributed by atoms with van der Waals surface area (Å²) in [5.41, 5.74) is 0. The van der Waals surface area contributed by atoms with Crippen LogP contribution in [0.4, 0.5) is 0 Å². The van der Waals surface area contributed by atoms with E-state index < -0.39 is 5.97 Å². The van der Waals surface area contributed by atoms with Crippen LogP contribution >= 0.6 is 0 Å². The van der Waals surface area contributed by atoms with Gasteiger partial charge in [-0.1, -0.05) is 6.92 Å². The highest BCUT2D eigenvalue weighted by molar-refractivity contribution is 4.48. The fourth-order valence-corrected chi connectivity index (χ4v) is 0.697. The van der Waals surface area contributed by atoms with Crippen molar-refractivity contribution in [1.29, 1.82) is 0 Å². The molecule has 10 heavy (non-hydrogen) atoms. The zero-order valence-corrected chi connectivity index (χ0v) is 6.89. The Labute approximate surface area is 62.0 Å².